The molecule has 8 heteroatoms. The third kappa shape index (κ3) is 3.01. The molecule has 1 amide bonds. The van der Waals surface area contributed by atoms with Gasteiger partial charge in [-0.2, -0.15) is 0 Å². The van der Waals surface area contributed by atoms with Crippen LogP contribution in [0.5, 0.6) is 0 Å². The van der Waals surface area contributed by atoms with Gasteiger partial charge < -0.3 is 20.3 Å². The van der Waals surface area contributed by atoms with Gasteiger partial charge in [0, 0.05) is 26.2 Å². The summed E-state index contributed by atoms with van der Waals surface area (Å²) in [6.45, 7) is 2.11. The van der Waals surface area contributed by atoms with Crippen molar-refractivity contribution >= 4 is 22.9 Å². The number of hydrogen-bond donors (Lipinski definition) is 3. The second-order valence-corrected chi connectivity index (χ2v) is 5.45. The highest BCUT2D eigenvalue weighted by atomic mass is 16.3. The molecule has 1 atom stereocenters. The molecule has 2 aromatic heterocycles. The summed E-state index contributed by atoms with van der Waals surface area (Å²) in [4.78, 5) is 30.0. The number of rotatable bonds is 5. The smallest absolute Gasteiger partial charge is 0.224 e. The van der Waals surface area contributed by atoms with Crippen molar-refractivity contribution in [2.45, 2.75) is 19.3 Å². The van der Waals surface area contributed by atoms with Gasteiger partial charge >= 0.3 is 0 Å². The summed E-state index contributed by atoms with van der Waals surface area (Å²) in [5, 5.41) is 11.7. The largest absolute Gasteiger partial charge is 0.396 e. The van der Waals surface area contributed by atoms with Crippen LogP contribution in [0.4, 0.5) is 5.82 Å². The fourth-order valence-electron chi connectivity index (χ4n) is 2.81. The second-order valence-electron chi connectivity index (χ2n) is 5.45. The Kier molecular flexibility index (Phi) is 4.47. The van der Waals surface area contributed by atoms with Gasteiger partial charge in [0.25, 0.3) is 0 Å². The topological polar surface area (TPSA) is 107 Å². The molecule has 0 aromatic carbocycles. The number of H-pyrrole nitrogens is 1. The number of anilines is 1. The Morgan fingerprint density at radius 1 is 1.45 bits per heavy atom. The predicted molar refractivity (Wildman–Crippen MR) is 81.3 cm³/mol. The fourth-order valence-corrected chi connectivity index (χ4v) is 2.81. The van der Waals surface area contributed by atoms with Crippen LogP contribution in [-0.2, 0) is 4.79 Å². The first kappa shape index (κ1) is 14.7. The molecule has 0 radical (unpaired) electrons. The van der Waals surface area contributed by atoms with Gasteiger partial charge in [0.2, 0.25) is 5.91 Å². The van der Waals surface area contributed by atoms with E-state index >= 15 is 0 Å². The monoisotopic (exact) mass is 304 g/mol. The number of aromatic nitrogens is 4. The van der Waals surface area contributed by atoms with E-state index in [9.17, 15) is 4.79 Å². The van der Waals surface area contributed by atoms with E-state index in [-0.39, 0.29) is 18.4 Å². The number of fused-ring (bicyclic) bond motifs is 1. The molecule has 3 heterocycles. The molecular formula is C14H20N6O2. The lowest BCUT2D eigenvalue weighted by Gasteiger charge is -2.32. The van der Waals surface area contributed by atoms with E-state index in [4.69, 9.17) is 5.11 Å². The van der Waals surface area contributed by atoms with Crippen LogP contribution >= 0.6 is 0 Å². The lowest BCUT2D eigenvalue weighted by molar-refractivity contribution is -0.125. The first-order valence-electron chi connectivity index (χ1n) is 7.57. The summed E-state index contributed by atoms with van der Waals surface area (Å²) in [7, 11) is 0. The summed E-state index contributed by atoms with van der Waals surface area (Å²) in [5.74, 6) is 0.795. The van der Waals surface area contributed by atoms with Crippen molar-refractivity contribution < 1.29 is 9.90 Å². The fraction of sp³-hybridized carbons (Fsp3) is 0.571. The van der Waals surface area contributed by atoms with E-state index in [0.717, 1.165) is 30.7 Å². The number of hydrogen-bond acceptors (Lipinski definition) is 6. The number of carbonyl (C=O) groups is 1. The molecule has 1 aliphatic rings. The van der Waals surface area contributed by atoms with Crippen molar-refractivity contribution in [3.63, 3.8) is 0 Å². The van der Waals surface area contributed by atoms with Crippen LogP contribution in [-0.4, -0.2) is 57.2 Å². The summed E-state index contributed by atoms with van der Waals surface area (Å²) >= 11 is 0. The molecular weight excluding hydrogens is 284 g/mol. The van der Waals surface area contributed by atoms with Crippen LogP contribution in [0.1, 0.15) is 19.3 Å². The molecule has 8 nitrogen and oxygen atoms in total. The van der Waals surface area contributed by atoms with Crippen molar-refractivity contribution in [1.29, 1.82) is 0 Å². The third-order valence-corrected chi connectivity index (χ3v) is 3.93. The number of nitrogens with zero attached hydrogens (tertiary/aromatic N) is 4. The van der Waals surface area contributed by atoms with Crippen LogP contribution in [0, 0.1) is 5.92 Å². The van der Waals surface area contributed by atoms with E-state index in [2.05, 4.69) is 30.2 Å². The Morgan fingerprint density at radius 2 is 2.36 bits per heavy atom. The molecule has 0 aliphatic carbocycles. The highest BCUT2D eigenvalue weighted by molar-refractivity contribution is 5.84. The zero-order valence-electron chi connectivity index (χ0n) is 12.3. The quantitative estimate of drug-likeness (QED) is 0.675. The van der Waals surface area contributed by atoms with Crippen molar-refractivity contribution in [3.05, 3.63) is 12.7 Å². The molecule has 0 spiro atoms. The number of piperidine rings is 1. The lowest BCUT2D eigenvalue weighted by Crippen LogP contribution is -2.43. The molecule has 3 rings (SSSR count). The number of nitrogens with one attached hydrogen (secondary N) is 2. The van der Waals surface area contributed by atoms with Gasteiger partial charge in [-0.25, -0.2) is 15.0 Å². The second kappa shape index (κ2) is 6.69. The predicted octanol–water partition coefficient (Wildman–Crippen LogP) is 0.0679. The molecule has 0 bridgehead atoms. The summed E-state index contributed by atoms with van der Waals surface area (Å²) in [6, 6.07) is 0. The van der Waals surface area contributed by atoms with Crippen LogP contribution in [0.3, 0.4) is 0 Å². The molecule has 3 N–H and O–H groups in total. The Balaban J connectivity index is 1.70. The van der Waals surface area contributed by atoms with Gasteiger partial charge in [0.15, 0.2) is 11.5 Å². The Labute approximate surface area is 128 Å². The van der Waals surface area contributed by atoms with Gasteiger partial charge in [-0.05, 0) is 19.3 Å². The van der Waals surface area contributed by atoms with Crippen molar-refractivity contribution in [1.82, 2.24) is 25.3 Å². The van der Waals surface area contributed by atoms with Crippen LogP contribution in [0.25, 0.3) is 11.2 Å². The first-order valence-corrected chi connectivity index (χ1v) is 7.57. The highest BCUT2D eigenvalue weighted by Gasteiger charge is 2.27. The number of aliphatic hydroxyl groups is 1. The highest BCUT2D eigenvalue weighted by Crippen LogP contribution is 2.25. The zero-order chi connectivity index (χ0) is 15.4. The molecule has 1 unspecified atom stereocenters. The van der Waals surface area contributed by atoms with E-state index in [1.807, 2.05) is 0 Å². The maximum absolute atomic E-state index is 12.2. The first-order chi connectivity index (χ1) is 10.8. The number of amides is 1. The minimum Gasteiger partial charge on any atom is -0.396 e. The van der Waals surface area contributed by atoms with Gasteiger partial charge in [-0.15, -0.1) is 0 Å². The van der Waals surface area contributed by atoms with Crippen LogP contribution in [0.15, 0.2) is 12.7 Å². The Hall–Kier alpha value is -2.22. The Bertz CT molecular complexity index is 643. The molecule has 22 heavy (non-hydrogen) atoms. The summed E-state index contributed by atoms with van der Waals surface area (Å²) in [5.41, 5.74) is 1.45. The van der Waals surface area contributed by atoms with Crippen molar-refractivity contribution in [3.8, 4) is 0 Å². The van der Waals surface area contributed by atoms with Crippen molar-refractivity contribution in [2.24, 2.45) is 5.92 Å². The number of imidazole rings is 1. The van der Waals surface area contributed by atoms with Crippen molar-refractivity contribution in [2.75, 3.05) is 31.1 Å². The minimum absolute atomic E-state index is 0.0491. The van der Waals surface area contributed by atoms with E-state index < -0.39 is 0 Å². The van der Waals surface area contributed by atoms with E-state index in [0.29, 0.717) is 25.2 Å². The zero-order valence-corrected chi connectivity index (χ0v) is 12.3. The van der Waals surface area contributed by atoms with Gasteiger partial charge in [-0.1, -0.05) is 0 Å². The number of aliphatic hydroxyl groups excluding tert-OH is 1. The van der Waals surface area contributed by atoms with E-state index in [1.165, 1.54) is 6.33 Å². The average Bonchev–Trinajstić information content (AvgIpc) is 3.03. The SMILES string of the molecule is O=C(NCCCO)C1CCCN(c2ncnc3nc[nH]c23)C1. The molecule has 0 saturated carbocycles. The lowest BCUT2D eigenvalue weighted by atomic mass is 9.97. The summed E-state index contributed by atoms with van der Waals surface area (Å²) < 4.78 is 0. The van der Waals surface area contributed by atoms with Gasteiger partial charge in [0.1, 0.15) is 11.8 Å². The third-order valence-electron chi connectivity index (χ3n) is 3.93. The average molecular weight is 304 g/mol. The Morgan fingerprint density at radius 3 is 3.23 bits per heavy atom. The maximum Gasteiger partial charge on any atom is 0.224 e. The molecule has 118 valence electrons. The molecule has 2 aromatic rings. The standard InChI is InChI=1S/C14H20N6O2/c21-6-2-4-15-14(22)10-3-1-5-20(7-10)13-11-12(17-8-16-11)18-9-19-13/h8-10,21H,1-7H2,(H,15,22)(H,16,17,18,19). The maximum atomic E-state index is 12.2. The number of carbonyl (C=O) groups excluding carboxylic acids is 1. The normalized spacial score (nSPS) is 18.6. The molecule has 1 saturated heterocycles. The van der Waals surface area contributed by atoms with Gasteiger partial charge in [0.05, 0.1) is 12.2 Å². The molecule has 1 aliphatic heterocycles. The van der Waals surface area contributed by atoms with Crippen LogP contribution in [0.2, 0.25) is 0 Å². The summed E-state index contributed by atoms with van der Waals surface area (Å²) in [6.07, 6.45) is 5.51. The van der Waals surface area contributed by atoms with Crippen LogP contribution < -0.4 is 10.2 Å². The minimum atomic E-state index is -0.0552. The number of aromatic amines is 1. The van der Waals surface area contributed by atoms with Gasteiger partial charge in [-0.3, -0.25) is 4.79 Å². The molecule has 1 fully saturated rings. The van der Waals surface area contributed by atoms with E-state index in [1.54, 1.807) is 6.33 Å².